The van der Waals surface area contributed by atoms with Crippen molar-refractivity contribution in [2.75, 3.05) is 6.61 Å². The summed E-state index contributed by atoms with van der Waals surface area (Å²) in [6.45, 7) is -0.272. The smallest absolute Gasteiger partial charge is 0.321 e. The molecule has 126 valence electrons. The number of imide groups is 1. The van der Waals surface area contributed by atoms with Gasteiger partial charge in [0, 0.05) is 17.6 Å². The first-order valence-electron chi connectivity index (χ1n) is 7.90. The second-order valence-corrected chi connectivity index (χ2v) is 6.14. The van der Waals surface area contributed by atoms with Crippen molar-refractivity contribution in [2.24, 2.45) is 0 Å². The fraction of sp³-hybridized carbons (Fsp3) is 0.353. The minimum atomic E-state index is -0.510. The molecule has 1 aromatic carbocycles. The van der Waals surface area contributed by atoms with Crippen LogP contribution in [-0.2, 0) is 4.79 Å². The van der Waals surface area contributed by atoms with Gasteiger partial charge in [-0.05, 0) is 37.1 Å². The number of carbonyl (C=O) groups excluding carboxylic acids is 2. The van der Waals surface area contributed by atoms with E-state index in [1.54, 1.807) is 24.4 Å². The van der Waals surface area contributed by atoms with Gasteiger partial charge in [-0.3, -0.25) is 15.1 Å². The molecule has 0 bridgehead atoms. The summed E-state index contributed by atoms with van der Waals surface area (Å²) in [6, 6.07) is 6.62. The van der Waals surface area contributed by atoms with Crippen LogP contribution in [0.15, 0.2) is 30.5 Å². The monoisotopic (exact) mass is 347 g/mol. The zero-order valence-electron chi connectivity index (χ0n) is 13.0. The molecule has 0 unspecified atom stereocenters. The van der Waals surface area contributed by atoms with Crippen LogP contribution in [0.5, 0.6) is 5.75 Å². The van der Waals surface area contributed by atoms with E-state index in [9.17, 15) is 9.59 Å². The molecule has 3 rings (SSSR count). The summed E-state index contributed by atoms with van der Waals surface area (Å²) in [5, 5.41) is 6.37. The van der Waals surface area contributed by atoms with Gasteiger partial charge in [-0.1, -0.05) is 24.4 Å². The second-order valence-electron chi connectivity index (χ2n) is 5.74. The van der Waals surface area contributed by atoms with Crippen molar-refractivity contribution in [1.82, 2.24) is 15.6 Å². The van der Waals surface area contributed by atoms with Gasteiger partial charge in [0.15, 0.2) is 6.61 Å². The lowest BCUT2D eigenvalue weighted by atomic mass is 10.2. The van der Waals surface area contributed by atoms with Gasteiger partial charge in [0.1, 0.15) is 11.3 Å². The lowest BCUT2D eigenvalue weighted by Gasteiger charge is -2.13. The third-order valence-electron chi connectivity index (χ3n) is 3.98. The molecule has 24 heavy (non-hydrogen) atoms. The third kappa shape index (κ3) is 3.94. The van der Waals surface area contributed by atoms with E-state index < -0.39 is 11.9 Å². The molecular formula is C17H18ClN3O3. The van der Waals surface area contributed by atoms with E-state index in [1.807, 2.05) is 6.07 Å². The second kappa shape index (κ2) is 7.49. The Bertz CT molecular complexity index is 760. The fourth-order valence-corrected chi connectivity index (χ4v) is 3.04. The Morgan fingerprint density at radius 1 is 1.25 bits per heavy atom. The van der Waals surface area contributed by atoms with Crippen LogP contribution in [0, 0.1) is 0 Å². The molecule has 0 atom stereocenters. The van der Waals surface area contributed by atoms with E-state index in [0.717, 1.165) is 31.1 Å². The molecule has 0 saturated heterocycles. The molecule has 1 fully saturated rings. The minimum absolute atomic E-state index is 0.156. The van der Waals surface area contributed by atoms with Crippen molar-refractivity contribution in [2.45, 2.75) is 31.7 Å². The Balaban J connectivity index is 1.56. The van der Waals surface area contributed by atoms with Gasteiger partial charge in [0.05, 0.1) is 5.02 Å². The van der Waals surface area contributed by atoms with Crippen LogP contribution >= 0.6 is 11.6 Å². The molecule has 1 aliphatic rings. The number of urea groups is 1. The number of rotatable bonds is 4. The van der Waals surface area contributed by atoms with Crippen molar-refractivity contribution in [1.29, 1.82) is 0 Å². The third-order valence-corrected chi connectivity index (χ3v) is 4.31. The fourth-order valence-electron chi connectivity index (χ4n) is 2.83. The first-order chi connectivity index (χ1) is 11.6. The highest BCUT2D eigenvalue weighted by molar-refractivity contribution is 6.35. The number of benzene rings is 1. The summed E-state index contributed by atoms with van der Waals surface area (Å²) < 4.78 is 5.49. The van der Waals surface area contributed by atoms with Crippen molar-refractivity contribution in [3.05, 3.63) is 35.5 Å². The number of fused-ring (bicyclic) bond motifs is 1. The zero-order valence-corrected chi connectivity index (χ0v) is 13.8. The summed E-state index contributed by atoms with van der Waals surface area (Å²) in [6.07, 6.45) is 5.76. The Kier molecular flexibility index (Phi) is 5.15. The molecule has 1 heterocycles. The van der Waals surface area contributed by atoms with Crippen molar-refractivity contribution in [3.63, 3.8) is 0 Å². The Hall–Kier alpha value is -2.34. The number of nitrogens with one attached hydrogen (secondary N) is 2. The van der Waals surface area contributed by atoms with Gasteiger partial charge in [-0.25, -0.2) is 4.79 Å². The molecular weight excluding hydrogens is 330 g/mol. The summed E-state index contributed by atoms with van der Waals surface area (Å²) in [7, 11) is 0. The zero-order chi connectivity index (χ0) is 16.9. The predicted octanol–water partition coefficient (Wildman–Crippen LogP) is 3.04. The molecule has 6 nitrogen and oxygen atoms in total. The highest BCUT2D eigenvalue weighted by Gasteiger charge is 2.18. The maximum absolute atomic E-state index is 11.9. The number of halogens is 1. The molecule has 1 aromatic heterocycles. The number of carbonyl (C=O) groups is 2. The largest absolute Gasteiger partial charge is 0.481 e. The molecule has 2 aromatic rings. The van der Waals surface area contributed by atoms with Gasteiger partial charge in [0.25, 0.3) is 5.91 Å². The van der Waals surface area contributed by atoms with Gasteiger partial charge in [-0.2, -0.15) is 0 Å². The topological polar surface area (TPSA) is 80.3 Å². The number of ether oxygens (including phenoxy) is 1. The molecule has 2 N–H and O–H groups in total. The maximum Gasteiger partial charge on any atom is 0.321 e. The van der Waals surface area contributed by atoms with Gasteiger partial charge in [0.2, 0.25) is 0 Å². The number of amides is 3. The molecule has 0 aliphatic heterocycles. The minimum Gasteiger partial charge on any atom is -0.481 e. The Labute approximate surface area is 144 Å². The number of nitrogens with zero attached hydrogens (tertiary/aromatic N) is 1. The van der Waals surface area contributed by atoms with Gasteiger partial charge < -0.3 is 10.1 Å². The number of hydrogen-bond acceptors (Lipinski definition) is 4. The average molecular weight is 348 g/mol. The van der Waals surface area contributed by atoms with Crippen LogP contribution in [0.3, 0.4) is 0 Å². The molecule has 1 aliphatic carbocycles. The van der Waals surface area contributed by atoms with Crippen LogP contribution in [0.1, 0.15) is 25.7 Å². The summed E-state index contributed by atoms with van der Waals surface area (Å²) in [5.74, 6) is -0.0640. The molecule has 7 heteroatoms. The van der Waals surface area contributed by atoms with E-state index in [-0.39, 0.29) is 12.6 Å². The van der Waals surface area contributed by atoms with E-state index in [0.29, 0.717) is 16.3 Å². The van der Waals surface area contributed by atoms with Crippen LogP contribution in [0.2, 0.25) is 5.02 Å². The highest BCUT2D eigenvalue weighted by Crippen LogP contribution is 2.29. The van der Waals surface area contributed by atoms with E-state index in [1.165, 1.54) is 0 Å². The van der Waals surface area contributed by atoms with E-state index in [2.05, 4.69) is 15.6 Å². The molecule has 3 amide bonds. The van der Waals surface area contributed by atoms with Gasteiger partial charge in [-0.15, -0.1) is 0 Å². The Morgan fingerprint density at radius 2 is 2.04 bits per heavy atom. The predicted molar refractivity (Wildman–Crippen MR) is 91.2 cm³/mol. The SMILES string of the molecule is O=C(COc1ccc(Cl)c2cccnc12)NC(=O)NC1CCCC1. The van der Waals surface area contributed by atoms with Crippen LogP contribution in [0.4, 0.5) is 4.79 Å². The average Bonchev–Trinajstić information content (AvgIpc) is 3.07. The van der Waals surface area contributed by atoms with E-state index in [4.69, 9.17) is 16.3 Å². The lowest BCUT2D eigenvalue weighted by Crippen LogP contribution is -2.45. The molecule has 0 radical (unpaired) electrons. The van der Waals surface area contributed by atoms with Crippen molar-refractivity contribution >= 4 is 34.4 Å². The summed E-state index contributed by atoms with van der Waals surface area (Å²) in [4.78, 5) is 27.8. The van der Waals surface area contributed by atoms with Gasteiger partial charge >= 0.3 is 6.03 Å². The van der Waals surface area contributed by atoms with Crippen LogP contribution < -0.4 is 15.4 Å². The quantitative estimate of drug-likeness (QED) is 0.890. The first kappa shape index (κ1) is 16.5. The normalized spacial score (nSPS) is 14.5. The standard InChI is InChI=1S/C17H18ClN3O3/c18-13-7-8-14(16-12(13)6-3-9-19-16)24-10-15(22)21-17(23)20-11-4-1-2-5-11/h3,6-9,11H,1-2,4-5,10H2,(H2,20,21,22,23). The maximum atomic E-state index is 11.9. The molecule has 0 spiro atoms. The van der Waals surface area contributed by atoms with Crippen molar-refractivity contribution < 1.29 is 14.3 Å². The number of aromatic nitrogens is 1. The van der Waals surface area contributed by atoms with Crippen molar-refractivity contribution in [3.8, 4) is 5.75 Å². The summed E-state index contributed by atoms with van der Waals surface area (Å²) in [5.41, 5.74) is 0.577. The van der Waals surface area contributed by atoms with Crippen LogP contribution in [0.25, 0.3) is 10.9 Å². The Morgan fingerprint density at radius 3 is 2.83 bits per heavy atom. The van der Waals surface area contributed by atoms with Crippen LogP contribution in [-0.4, -0.2) is 29.6 Å². The molecule has 1 saturated carbocycles. The lowest BCUT2D eigenvalue weighted by molar-refractivity contribution is -0.121. The van der Waals surface area contributed by atoms with E-state index >= 15 is 0 Å². The summed E-state index contributed by atoms with van der Waals surface area (Å²) >= 11 is 6.11. The first-order valence-corrected chi connectivity index (χ1v) is 8.27. The highest BCUT2D eigenvalue weighted by atomic mass is 35.5. The number of hydrogen-bond donors (Lipinski definition) is 2. The number of pyridine rings is 1.